The Labute approximate surface area is 171 Å². The summed E-state index contributed by atoms with van der Waals surface area (Å²) >= 11 is 6.09. The molecule has 1 unspecified atom stereocenters. The molecule has 2 amide bonds. The van der Waals surface area contributed by atoms with Gasteiger partial charge in [-0.15, -0.1) is 0 Å². The van der Waals surface area contributed by atoms with Crippen molar-refractivity contribution in [1.29, 1.82) is 0 Å². The fraction of sp³-hybridized carbons (Fsp3) is 0.409. The van der Waals surface area contributed by atoms with Crippen LogP contribution < -0.4 is 14.8 Å². The molecule has 6 heteroatoms. The highest BCUT2D eigenvalue weighted by atomic mass is 35.5. The summed E-state index contributed by atoms with van der Waals surface area (Å²) in [4.78, 5) is 15.0. The number of halogens is 1. The number of carbonyl (C=O) groups excluding carboxylic acids is 1. The van der Waals surface area contributed by atoms with Gasteiger partial charge in [0.05, 0.1) is 20.3 Å². The van der Waals surface area contributed by atoms with Crippen LogP contribution in [0.15, 0.2) is 36.4 Å². The van der Waals surface area contributed by atoms with E-state index in [0.29, 0.717) is 23.1 Å². The van der Waals surface area contributed by atoms with Crippen LogP contribution in [0.25, 0.3) is 0 Å². The van der Waals surface area contributed by atoms with Crippen molar-refractivity contribution >= 4 is 17.6 Å². The maximum absolute atomic E-state index is 13.1. The van der Waals surface area contributed by atoms with E-state index >= 15 is 0 Å². The number of ether oxygens (including phenoxy) is 2. The Morgan fingerprint density at radius 1 is 1.11 bits per heavy atom. The maximum Gasteiger partial charge on any atom is 0.318 e. The van der Waals surface area contributed by atoms with E-state index in [-0.39, 0.29) is 17.6 Å². The first-order chi connectivity index (χ1) is 13.2. The largest absolute Gasteiger partial charge is 0.493 e. The van der Waals surface area contributed by atoms with E-state index in [1.54, 1.807) is 14.2 Å². The molecule has 1 atom stereocenters. The molecule has 150 valence electrons. The number of methoxy groups -OCH3 is 2. The number of carbonyl (C=O) groups is 1. The molecule has 0 radical (unpaired) electrons. The molecule has 2 aromatic carbocycles. The first kappa shape index (κ1) is 20.3. The molecule has 1 heterocycles. The number of hydrogen-bond donors (Lipinski definition) is 1. The highest BCUT2D eigenvalue weighted by molar-refractivity contribution is 6.30. The molecule has 0 aliphatic carbocycles. The van der Waals surface area contributed by atoms with Crippen LogP contribution in [0, 0.1) is 0 Å². The molecule has 1 aliphatic heterocycles. The van der Waals surface area contributed by atoms with E-state index in [9.17, 15) is 4.79 Å². The smallest absolute Gasteiger partial charge is 0.318 e. The second-order valence-electron chi connectivity index (χ2n) is 7.98. The van der Waals surface area contributed by atoms with Crippen LogP contribution in [-0.2, 0) is 6.42 Å². The van der Waals surface area contributed by atoms with Gasteiger partial charge in [0.25, 0.3) is 0 Å². The SMILES string of the molecule is COc1cc2c(cc1OC)C(c1ccc(Cl)cc1)N(C(=O)NC(C)(C)C)CC2. The summed E-state index contributed by atoms with van der Waals surface area (Å²) in [6.45, 7) is 6.55. The summed E-state index contributed by atoms with van der Waals surface area (Å²) in [6.07, 6.45) is 0.747. The average Bonchev–Trinajstić information content (AvgIpc) is 2.65. The van der Waals surface area contributed by atoms with Gasteiger partial charge in [0.2, 0.25) is 0 Å². The van der Waals surface area contributed by atoms with Crippen LogP contribution in [0.4, 0.5) is 4.79 Å². The molecular weight excluding hydrogens is 376 g/mol. The fourth-order valence-electron chi connectivity index (χ4n) is 3.56. The molecule has 0 saturated heterocycles. The van der Waals surface area contributed by atoms with E-state index in [4.69, 9.17) is 21.1 Å². The van der Waals surface area contributed by atoms with Gasteiger partial charge in [0.15, 0.2) is 11.5 Å². The lowest BCUT2D eigenvalue weighted by atomic mass is 9.87. The standard InChI is InChI=1S/C22H27ClN2O3/c1-22(2,3)24-21(26)25-11-10-15-12-18(27-4)19(28-5)13-17(15)20(25)14-6-8-16(23)9-7-14/h6-9,12-13,20H,10-11H2,1-5H3,(H,24,26). The number of fused-ring (bicyclic) bond motifs is 1. The van der Waals surface area contributed by atoms with Crippen molar-refractivity contribution in [3.8, 4) is 11.5 Å². The second-order valence-corrected chi connectivity index (χ2v) is 8.42. The lowest BCUT2D eigenvalue weighted by Crippen LogP contribution is -2.51. The van der Waals surface area contributed by atoms with Gasteiger partial charge in [-0.25, -0.2) is 4.79 Å². The van der Waals surface area contributed by atoms with Crippen molar-refractivity contribution in [1.82, 2.24) is 10.2 Å². The van der Waals surface area contributed by atoms with Crippen molar-refractivity contribution in [2.45, 2.75) is 38.8 Å². The first-order valence-corrected chi connectivity index (χ1v) is 9.70. The number of benzene rings is 2. The lowest BCUT2D eigenvalue weighted by Gasteiger charge is -2.39. The summed E-state index contributed by atoms with van der Waals surface area (Å²) in [6, 6.07) is 11.3. The van der Waals surface area contributed by atoms with E-state index < -0.39 is 0 Å². The first-order valence-electron chi connectivity index (χ1n) is 9.32. The molecule has 1 aliphatic rings. The Hall–Kier alpha value is -2.40. The number of urea groups is 1. The third-order valence-electron chi connectivity index (χ3n) is 4.80. The zero-order valence-corrected chi connectivity index (χ0v) is 17.8. The third-order valence-corrected chi connectivity index (χ3v) is 5.05. The highest BCUT2D eigenvalue weighted by Crippen LogP contribution is 2.41. The second kappa shape index (κ2) is 7.92. The van der Waals surface area contributed by atoms with Crippen molar-refractivity contribution in [2.24, 2.45) is 0 Å². The van der Waals surface area contributed by atoms with Gasteiger partial charge in [-0.2, -0.15) is 0 Å². The predicted octanol–water partition coefficient (Wildman–Crippen LogP) is 4.81. The highest BCUT2D eigenvalue weighted by Gasteiger charge is 2.34. The Morgan fingerprint density at radius 3 is 2.29 bits per heavy atom. The average molecular weight is 403 g/mol. The van der Waals surface area contributed by atoms with Crippen LogP contribution in [0.5, 0.6) is 11.5 Å². The molecule has 0 spiro atoms. The minimum Gasteiger partial charge on any atom is -0.493 e. The fourth-order valence-corrected chi connectivity index (χ4v) is 3.69. The number of hydrogen-bond acceptors (Lipinski definition) is 3. The Bertz CT molecular complexity index is 859. The lowest BCUT2D eigenvalue weighted by molar-refractivity contribution is 0.171. The molecule has 0 fully saturated rings. The molecule has 0 aromatic heterocycles. The molecule has 0 saturated carbocycles. The van der Waals surface area contributed by atoms with Crippen molar-refractivity contribution < 1.29 is 14.3 Å². The summed E-state index contributed by atoms with van der Waals surface area (Å²) in [5, 5.41) is 3.75. The van der Waals surface area contributed by atoms with Crippen LogP contribution in [-0.4, -0.2) is 37.2 Å². The van der Waals surface area contributed by atoms with Crippen molar-refractivity contribution in [3.05, 3.63) is 58.1 Å². The van der Waals surface area contributed by atoms with Gasteiger partial charge in [0, 0.05) is 17.1 Å². The molecule has 1 N–H and O–H groups in total. The summed E-state index contributed by atoms with van der Waals surface area (Å²) in [5.74, 6) is 1.35. The van der Waals surface area contributed by atoms with Crippen molar-refractivity contribution in [2.75, 3.05) is 20.8 Å². The molecule has 2 aromatic rings. The van der Waals surface area contributed by atoms with Crippen LogP contribution in [0.2, 0.25) is 5.02 Å². The number of rotatable bonds is 3. The topological polar surface area (TPSA) is 50.8 Å². The van der Waals surface area contributed by atoms with Crippen LogP contribution in [0.3, 0.4) is 0 Å². The normalized spacial score (nSPS) is 16.4. The zero-order chi connectivity index (χ0) is 20.5. The van der Waals surface area contributed by atoms with E-state index in [1.165, 1.54) is 0 Å². The minimum atomic E-state index is -0.320. The van der Waals surface area contributed by atoms with Gasteiger partial charge in [0.1, 0.15) is 0 Å². The van der Waals surface area contributed by atoms with Crippen molar-refractivity contribution in [3.63, 3.8) is 0 Å². The Morgan fingerprint density at radius 2 is 1.71 bits per heavy atom. The van der Waals surface area contributed by atoms with E-state index in [1.807, 2.05) is 62.1 Å². The Kier molecular flexibility index (Phi) is 5.75. The van der Waals surface area contributed by atoms with Gasteiger partial charge in [-0.1, -0.05) is 23.7 Å². The van der Waals surface area contributed by atoms with Gasteiger partial charge >= 0.3 is 6.03 Å². The molecule has 28 heavy (non-hydrogen) atoms. The number of amides is 2. The summed E-state index contributed by atoms with van der Waals surface area (Å²) in [7, 11) is 3.25. The van der Waals surface area contributed by atoms with Crippen LogP contribution in [0.1, 0.15) is 43.5 Å². The molecule has 3 rings (SSSR count). The molecular formula is C22H27ClN2O3. The van der Waals surface area contributed by atoms with Gasteiger partial charge in [-0.3, -0.25) is 0 Å². The minimum absolute atomic E-state index is 0.0899. The summed E-state index contributed by atoms with van der Waals surface area (Å²) in [5.41, 5.74) is 2.87. The zero-order valence-electron chi connectivity index (χ0n) is 17.0. The monoisotopic (exact) mass is 402 g/mol. The van der Waals surface area contributed by atoms with Gasteiger partial charge in [-0.05, 0) is 68.1 Å². The summed E-state index contributed by atoms with van der Waals surface area (Å²) < 4.78 is 11.0. The Balaban J connectivity index is 2.11. The molecule has 5 nitrogen and oxygen atoms in total. The molecule has 0 bridgehead atoms. The van der Waals surface area contributed by atoms with E-state index in [0.717, 1.165) is 23.1 Å². The van der Waals surface area contributed by atoms with Gasteiger partial charge < -0.3 is 19.7 Å². The quantitative estimate of drug-likeness (QED) is 0.801. The van der Waals surface area contributed by atoms with E-state index in [2.05, 4.69) is 5.32 Å². The maximum atomic E-state index is 13.1. The predicted molar refractivity (Wildman–Crippen MR) is 112 cm³/mol. The van der Waals surface area contributed by atoms with Crippen LogP contribution >= 0.6 is 11.6 Å². The third kappa shape index (κ3) is 4.20. The number of nitrogens with zero attached hydrogens (tertiary/aromatic N) is 1. The number of nitrogens with one attached hydrogen (secondary N) is 1.